The molecule has 0 heterocycles. The van der Waals surface area contributed by atoms with Crippen LogP contribution in [0.4, 0.5) is 4.39 Å². The van der Waals surface area contributed by atoms with Crippen LogP contribution in [0.25, 0.3) is 0 Å². The standard InChI is InChI=1S/C16H17ClFNO/c1-3-11-8-13(5-6-15(11)17)20-16-7-4-12(18)9-14(16)10(2)19/h4-10H,3,19H2,1-2H3/t10-/m0/s1. The highest BCUT2D eigenvalue weighted by molar-refractivity contribution is 6.31. The van der Waals surface area contributed by atoms with Crippen LogP contribution in [0.3, 0.4) is 0 Å². The van der Waals surface area contributed by atoms with Crippen molar-refractivity contribution in [1.82, 2.24) is 0 Å². The van der Waals surface area contributed by atoms with Gasteiger partial charge in [-0.3, -0.25) is 0 Å². The molecule has 0 spiro atoms. The van der Waals surface area contributed by atoms with Crippen LogP contribution in [-0.2, 0) is 6.42 Å². The smallest absolute Gasteiger partial charge is 0.132 e. The van der Waals surface area contributed by atoms with Gasteiger partial charge in [0, 0.05) is 16.6 Å². The van der Waals surface area contributed by atoms with Gasteiger partial charge in [0.2, 0.25) is 0 Å². The molecule has 0 aliphatic heterocycles. The minimum absolute atomic E-state index is 0.307. The van der Waals surface area contributed by atoms with Crippen LogP contribution >= 0.6 is 11.6 Å². The summed E-state index contributed by atoms with van der Waals surface area (Å²) in [5.74, 6) is 0.903. The second-order valence-corrected chi connectivity index (χ2v) is 5.09. The number of ether oxygens (including phenoxy) is 1. The van der Waals surface area contributed by atoms with Crippen molar-refractivity contribution in [2.24, 2.45) is 5.73 Å². The second kappa shape index (κ2) is 6.25. The largest absolute Gasteiger partial charge is 0.457 e. The molecule has 1 atom stereocenters. The average molecular weight is 294 g/mol. The lowest BCUT2D eigenvalue weighted by atomic mass is 10.1. The Hall–Kier alpha value is -1.58. The van der Waals surface area contributed by atoms with Crippen LogP contribution in [0.15, 0.2) is 36.4 Å². The predicted molar refractivity (Wildman–Crippen MR) is 79.9 cm³/mol. The Morgan fingerprint density at radius 2 is 2.00 bits per heavy atom. The van der Waals surface area contributed by atoms with Crippen molar-refractivity contribution >= 4 is 11.6 Å². The van der Waals surface area contributed by atoms with Gasteiger partial charge in [0.05, 0.1) is 0 Å². The van der Waals surface area contributed by atoms with Crippen LogP contribution in [-0.4, -0.2) is 0 Å². The van der Waals surface area contributed by atoms with E-state index in [9.17, 15) is 4.39 Å². The summed E-state index contributed by atoms with van der Waals surface area (Å²) in [5, 5.41) is 0.714. The minimum atomic E-state index is -0.324. The summed E-state index contributed by atoms with van der Waals surface area (Å²) in [6, 6.07) is 9.51. The predicted octanol–water partition coefficient (Wildman–Crippen LogP) is 4.85. The topological polar surface area (TPSA) is 35.2 Å². The first kappa shape index (κ1) is 14.8. The number of rotatable bonds is 4. The Balaban J connectivity index is 2.34. The first-order chi connectivity index (χ1) is 9.51. The molecule has 2 N–H and O–H groups in total. The molecule has 0 saturated carbocycles. The number of halogens is 2. The molecule has 0 fully saturated rings. The summed E-state index contributed by atoms with van der Waals surface area (Å²) >= 11 is 6.08. The van der Waals surface area contributed by atoms with E-state index < -0.39 is 0 Å². The van der Waals surface area contributed by atoms with Gasteiger partial charge in [0.1, 0.15) is 17.3 Å². The SMILES string of the molecule is CCc1cc(Oc2ccc(F)cc2[C@H](C)N)ccc1Cl. The molecule has 0 radical (unpaired) electrons. The molecule has 20 heavy (non-hydrogen) atoms. The van der Waals surface area contributed by atoms with Crippen molar-refractivity contribution in [3.05, 3.63) is 58.4 Å². The molecule has 0 aromatic heterocycles. The Labute approximate surface area is 123 Å². The fraction of sp³-hybridized carbons (Fsp3) is 0.250. The molecule has 0 aliphatic carbocycles. The normalized spacial score (nSPS) is 12.2. The van der Waals surface area contributed by atoms with Crippen molar-refractivity contribution in [2.45, 2.75) is 26.3 Å². The van der Waals surface area contributed by atoms with Crippen molar-refractivity contribution < 1.29 is 9.13 Å². The van der Waals surface area contributed by atoms with Crippen LogP contribution in [0.5, 0.6) is 11.5 Å². The first-order valence-electron chi connectivity index (χ1n) is 6.52. The lowest BCUT2D eigenvalue weighted by Crippen LogP contribution is -2.07. The lowest BCUT2D eigenvalue weighted by molar-refractivity contribution is 0.468. The highest BCUT2D eigenvalue weighted by atomic mass is 35.5. The molecular formula is C16H17ClFNO. The molecule has 0 aliphatic rings. The van der Waals surface area contributed by atoms with Gasteiger partial charge >= 0.3 is 0 Å². The van der Waals surface area contributed by atoms with Gasteiger partial charge in [-0.1, -0.05) is 18.5 Å². The van der Waals surface area contributed by atoms with E-state index in [0.717, 1.165) is 12.0 Å². The molecule has 2 rings (SSSR count). The highest BCUT2D eigenvalue weighted by Gasteiger charge is 2.11. The number of benzene rings is 2. The Morgan fingerprint density at radius 3 is 2.65 bits per heavy atom. The zero-order valence-electron chi connectivity index (χ0n) is 11.5. The average Bonchev–Trinajstić information content (AvgIpc) is 2.42. The zero-order chi connectivity index (χ0) is 14.7. The Bertz CT molecular complexity index is 613. The molecule has 0 amide bonds. The second-order valence-electron chi connectivity index (χ2n) is 4.68. The van der Waals surface area contributed by atoms with E-state index in [-0.39, 0.29) is 11.9 Å². The molecule has 2 aromatic carbocycles. The van der Waals surface area contributed by atoms with Crippen LogP contribution in [0.2, 0.25) is 5.02 Å². The number of nitrogens with two attached hydrogens (primary N) is 1. The summed E-state index contributed by atoms with van der Waals surface area (Å²) in [6.45, 7) is 3.82. The Morgan fingerprint density at radius 1 is 1.25 bits per heavy atom. The van der Waals surface area contributed by atoms with Crippen molar-refractivity contribution in [3.8, 4) is 11.5 Å². The monoisotopic (exact) mass is 293 g/mol. The maximum absolute atomic E-state index is 13.3. The van der Waals surface area contributed by atoms with E-state index in [1.165, 1.54) is 12.1 Å². The molecule has 2 nitrogen and oxygen atoms in total. The van der Waals surface area contributed by atoms with Gasteiger partial charge in [-0.25, -0.2) is 4.39 Å². The fourth-order valence-electron chi connectivity index (χ4n) is 1.98. The van der Waals surface area contributed by atoms with E-state index in [1.54, 1.807) is 25.1 Å². The van der Waals surface area contributed by atoms with Crippen LogP contribution in [0.1, 0.15) is 31.0 Å². The van der Waals surface area contributed by atoms with Crippen LogP contribution in [0, 0.1) is 5.82 Å². The quantitative estimate of drug-likeness (QED) is 0.874. The van der Waals surface area contributed by atoms with Crippen molar-refractivity contribution in [3.63, 3.8) is 0 Å². The third kappa shape index (κ3) is 3.30. The molecule has 0 bridgehead atoms. The molecule has 106 valence electrons. The van der Waals surface area contributed by atoms with Crippen molar-refractivity contribution in [2.75, 3.05) is 0 Å². The highest BCUT2D eigenvalue weighted by Crippen LogP contribution is 2.31. The number of hydrogen-bond acceptors (Lipinski definition) is 2. The van der Waals surface area contributed by atoms with Crippen molar-refractivity contribution in [1.29, 1.82) is 0 Å². The van der Waals surface area contributed by atoms with E-state index in [0.29, 0.717) is 22.1 Å². The van der Waals surface area contributed by atoms with Gasteiger partial charge < -0.3 is 10.5 Å². The summed E-state index contributed by atoms with van der Waals surface area (Å²) in [5.41, 5.74) is 7.49. The van der Waals surface area contributed by atoms with E-state index in [4.69, 9.17) is 22.1 Å². The van der Waals surface area contributed by atoms with Gasteiger partial charge in [-0.15, -0.1) is 0 Å². The number of aryl methyl sites for hydroxylation is 1. The summed E-state index contributed by atoms with van der Waals surface area (Å²) in [4.78, 5) is 0. The van der Waals surface area contributed by atoms with Gasteiger partial charge in [-0.05, 0) is 55.3 Å². The molecular weight excluding hydrogens is 277 g/mol. The fourth-order valence-corrected chi connectivity index (χ4v) is 2.23. The molecule has 4 heteroatoms. The summed E-state index contributed by atoms with van der Waals surface area (Å²) in [7, 11) is 0. The summed E-state index contributed by atoms with van der Waals surface area (Å²) < 4.78 is 19.1. The van der Waals surface area contributed by atoms with Gasteiger partial charge in [0.15, 0.2) is 0 Å². The molecule has 0 saturated heterocycles. The molecule has 0 unspecified atom stereocenters. The van der Waals surface area contributed by atoms with E-state index in [1.807, 2.05) is 13.0 Å². The van der Waals surface area contributed by atoms with Crippen LogP contribution < -0.4 is 10.5 Å². The number of hydrogen-bond donors (Lipinski definition) is 1. The third-order valence-corrected chi connectivity index (χ3v) is 3.46. The van der Waals surface area contributed by atoms with E-state index >= 15 is 0 Å². The maximum atomic E-state index is 13.3. The zero-order valence-corrected chi connectivity index (χ0v) is 12.2. The van der Waals surface area contributed by atoms with Gasteiger partial charge in [0.25, 0.3) is 0 Å². The summed E-state index contributed by atoms with van der Waals surface area (Å²) in [6.07, 6.45) is 0.819. The maximum Gasteiger partial charge on any atom is 0.132 e. The Kier molecular flexibility index (Phi) is 4.63. The minimum Gasteiger partial charge on any atom is -0.457 e. The third-order valence-electron chi connectivity index (χ3n) is 3.09. The molecule has 2 aromatic rings. The first-order valence-corrected chi connectivity index (χ1v) is 6.90. The van der Waals surface area contributed by atoms with E-state index in [2.05, 4.69) is 0 Å². The van der Waals surface area contributed by atoms with Gasteiger partial charge in [-0.2, -0.15) is 0 Å². The lowest BCUT2D eigenvalue weighted by Gasteiger charge is -2.14.